The van der Waals surface area contributed by atoms with Crippen LogP contribution in [0.25, 0.3) is 70.8 Å². The molecule has 0 aliphatic carbocycles. The maximum atomic E-state index is 5.56. The molecule has 0 saturated carbocycles. The van der Waals surface area contributed by atoms with Crippen molar-refractivity contribution in [3.8, 4) is 5.69 Å². The van der Waals surface area contributed by atoms with Crippen LogP contribution in [0, 0.1) is 0 Å². The summed E-state index contributed by atoms with van der Waals surface area (Å²) in [5.41, 5.74) is 10.4. The zero-order valence-electron chi connectivity index (χ0n) is 27.2. The standard InChI is InChI=1S/C46H30N4/c1-2-13-30(14-3-1)45-36-19-8-10-20-39(36)47-46(48-45)50-41-25-22-29-12-6-7-17-34(29)44(41)37-24-23-33(28-43(37)50)49-40-21-11-9-18-35(40)38-26-31-15-4-5-16-32(31)27-42(38)49/h1-28,46-47H/p+1. The van der Waals surface area contributed by atoms with Gasteiger partial charge in [0.15, 0.2) is 0 Å². The van der Waals surface area contributed by atoms with Gasteiger partial charge >= 0.3 is 0 Å². The molecule has 10 aromatic rings. The van der Waals surface area contributed by atoms with Crippen LogP contribution in [0.2, 0.25) is 0 Å². The first kappa shape index (κ1) is 27.5. The third-order valence-electron chi connectivity index (χ3n) is 10.6. The molecule has 2 N–H and O–H groups in total. The van der Waals surface area contributed by atoms with E-state index >= 15 is 0 Å². The average molecular weight is 640 g/mol. The second-order valence-electron chi connectivity index (χ2n) is 13.3. The zero-order valence-corrected chi connectivity index (χ0v) is 27.2. The van der Waals surface area contributed by atoms with Gasteiger partial charge in [0.05, 0.1) is 33.3 Å². The lowest BCUT2D eigenvalue weighted by Gasteiger charge is -2.24. The summed E-state index contributed by atoms with van der Waals surface area (Å²) in [5.74, 6) is 0. The molecule has 4 nitrogen and oxygen atoms in total. The van der Waals surface area contributed by atoms with Gasteiger partial charge in [-0.2, -0.15) is 0 Å². The number of benzene rings is 8. The first-order chi connectivity index (χ1) is 24.8. The van der Waals surface area contributed by atoms with Gasteiger partial charge in [0, 0.05) is 32.8 Å². The molecule has 0 amide bonds. The molecule has 2 aromatic heterocycles. The van der Waals surface area contributed by atoms with Crippen molar-refractivity contribution >= 4 is 76.6 Å². The number of hydrogen-bond donors (Lipinski definition) is 1. The van der Waals surface area contributed by atoms with E-state index in [1.54, 1.807) is 0 Å². The summed E-state index contributed by atoms with van der Waals surface area (Å²) in [7, 11) is 0. The van der Waals surface area contributed by atoms with Crippen molar-refractivity contribution in [2.45, 2.75) is 6.29 Å². The Morgan fingerprint density at radius 3 is 2.06 bits per heavy atom. The third-order valence-corrected chi connectivity index (χ3v) is 10.6. The molecule has 8 aromatic carbocycles. The summed E-state index contributed by atoms with van der Waals surface area (Å²) in [5, 5.41) is 12.3. The molecule has 0 bridgehead atoms. The van der Waals surface area contributed by atoms with Crippen LogP contribution in [-0.2, 0) is 0 Å². The lowest BCUT2D eigenvalue weighted by atomic mass is 9.99. The van der Waals surface area contributed by atoms with Crippen LogP contribution in [0.4, 0.5) is 5.69 Å². The summed E-state index contributed by atoms with van der Waals surface area (Å²) >= 11 is 0. The average Bonchev–Trinajstić information content (AvgIpc) is 3.69. The van der Waals surface area contributed by atoms with Crippen LogP contribution in [0.3, 0.4) is 0 Å². The van der Waals surface area contributed by atoms with Gasteiger partial charge in [0.2, 0.25) is 0 Å². The fraction of sp³-hybridized carbons (Fsp3) is 0.0217. The van der Waals surface area contributed by atoms with Crippen molar-refractivity contribution in [3.05, 3.63) is 181 Å². The summed E-state index contributed by atoms with van der Waals surface area (Å²) in [6.07, 6.45) is -0.237. The Kier molecular flexibility index (Phi) is 5.77. The van der Waals surface area contributed by atoms with Crippen molar-refractivity contribution in [3.63, 3.8) is 0 Å². The Morgan fingerprint density at radius 1 is 0.460 bits per heavy atom. The van der Waals surface area contributed by atoms with Gasteiger partial charge in [-0.3, -0.25) is 9.88 Å². The van der Waals surface area contributed by atoms with E-state index in [9.17, 15) is 0 Å². The quantitative estimate of drug-likeness (QED) is 0.187. The van der Waals surface area contributed by atoms with E-state index in [1.807, 2.05) is 0 Å². The minimum absolute atomic E-state index is 0.237. The minimum atomic E-state index is -0.237. The number of nitrogens with two attached hydrogens (primary N) is 1. The van der Waals surface area contributed by atoms with Crippen LogP contribution in [0.1, 0.15) is 17.4 Å². The van der Waals surface area contributed by atoms with E-state index in [4.69, 9.17) is 4.99 Å². The Bertz CT molecular complexity index is 3020. The molecule has 3 heterocycles. The maximum Gasteiger partial charge on any atom is 0.269 e. The predicted molar refractivity (Wildman–Crippen MR) is 208 cm³/mol. The number of nitrogens with zero attached hydrogens (tertiary/aromatic N) is 3. The monoisotopic (exact) mass is 639 g/mol. The molecule has 1 aliphatic rings. The van der Waals surface area contributed by atoms with Crippen LogP contribution in [-0.4, -0.2) is 14.8 Å². The molecule has 0 radical (unpaired) electrons. The molecule has 0 spiro atoms. The molecule has 0 fully saturated rings. The molecular weight excluding hydrogens is 609 g/mol. The number of rotatable bonds is 3. The Labute approximate surface area is 288 Å². The number of aromatic nitrogens is 2. The third kappa shape index (κ3) is 3.94. The first-order valence-corrected chi connectivity index (χ1v) is 17.3. The first-order valence-electron chi connectivity index (χ1n) is 17.3. The molecule has 1 unspecified atom stereocenters. The highest BCUT2D eigenvalue weighted by atomic mass is 15.3. The Balaban J connectivity index is 1.23. The van der Waals surface area contributed by atoms with Crippen molar-refractivity contribution in [1.82, 2.24) is 9.13 Å². The largest absolute Gasteiger partial charge is 0.309 e. The molecule has 1 atom stereocenters. The van der Waals surface area contributed by atoms with Gasteiger partial charge in [-0.25, -0.2) is 4.99 Å². The molecular formula is C46H31N4+. The topological polar surface area (TPSA) is 38.8 Å². The van der Waals surface area contributed by atoms with E-state index in [-0.39, 0.29) is 6.29 Å². The summed E-state index contributed by atoms with van der Waals surface area (Å²) in [6, 6.07) is 61.7. The van der Waals surface area contributed by atoms with Crippen LogP contribution >= 0.6 is 0 Å². The smallest absolute Gasteiger partial charge is 0.269 e. The van der Waals surface area contributed by atoms with Gasteiger partial charge in [0.1, 0.15) is 5.69 Å². The SMILES string of the molecule is c1ccc(C2=NC(n3c4cc(-n5c6ccccc6c6cc7ccccc7cc65)ccc4c4c5ccccc5ccc43)[NH2+]c3ccccc32)cc1. The highest BCUT2D eigenvalue weighted by molar-refractivity contribution is 6.21. The molecule has 1 aliphatic heterocycles. The van der Waals surface area contributed by atoms with Gasteiger partial charge in [-0.15, -0.1) is 0 Å². The fourth-order valence-electron chi connectivity index (χ4n) is 8.38. The Hall–Kier alpha value is -6.49. The maximum absolute atomic E-state index is 5.56. The van der Waals surface area contributed by atoms with Crippen LogP contribution in [0.15, 0.2) is 175 Å². The Morgan fingerprint density at radius 2 is 1.18 bits per heavy atom. The van der Waals surface area contributed by atoms with Crippen LogP contribution in [0.5, 0.6) is 0 Å². The number of hydrogen-bond acceptors (Lipinski definition) is 1. The van der Waals surface area contributed by atoms with E-state index in [0.717, 1.165) is 22.5 Å². The predicted octanol–water partition coefficient (Wildman–Crippen LogP) is 10.4. The fourth-order valence-corrected chi connectivity index (χ4v) is 8.38. The van der Waals surface area contributed by atoms with Crippen LogP contribution < -0.4 is 5.32 Å². The zero-order chi connectivity index (χ0) is 32.8. The number of quaternary nitrogens is 1. The number of fused-ring (bicyclic) bond motifs is 10. The van der Waals surface area contributed by atoms with Gasteiger partial charge in [-0.1, -0.05) is 121 Å². The van der Waals surface area contributed by atoms with E-state index in [2.05, 4.69) is 184 Å². The number of aliphatic imine (C=N–C) groups is 1. The second kappa shape index (κ2) is 10.5. The van der Waals surface area contributed by atoms with Crippen molar-refractivity contribution in [2.75, 3.05) is 0 Å². The molecule has 50 heavy (non-hydrogen) atoms. The summed E-state index contributed by atoms with van der Waals surface area (Å²) in [4.78, 5) is 5.56. The van der Waals surface area contributed by atoms with E-state index in [1.165, 1.54) is 70.9 Å². The normalized spacial score (nSPS) is 14.6. The highest BCUT2D eigenvalue weighted by Crippen LogP contribution is 2.40. The van der Waals surface area contributed by atoms with Crippen molar-refractivity contribution < 1.29 is 5.32 Å². The van der Waals surface area contributed by atoms with Gasteiger partial charge in [-0.05, 0) is 70.1 Å². The lowest BCUT2D eigenvalue weighted by molar-refractivity contribution is -0.633. The molecule has 0 saturated heterocycles. The van der Waals surface area contributed by atoms with E-state index < -0.39 is 0 Å². The molecule has 4 heteroatoms. The molecule has 234 valence electrons. The lowest BCUT2D eigenvalue weighted by Crippen LogP contribution is -2.82. The minimum Gasteiger partial charge on any atom is -0.309 e. The van der Waals surface area contributed by atoms with Crippen molar-refractivity contribution in [2.24, 2.45) is 4.99 Å². The second-order valence-corrected chi connectivity index (χ2v) is 13.3. The molecule has 11 rings (SSSR count). The van der Waals surface area contributed by atoms with E-state index in [0.29, 0.717) is 0 Å². The summed E-state index contributed by atoms with van der Waals surface area (Å²) < 4.78 is 4.90. The number of para-hydroxylation sites is 2. The van der Waals surface area contributed by atoms with Gasteiger partial charge in [0.25, 0.3) is 6.29 Å². The van der Waals surface area contributed by atoms with Gasteiger partial charge < -0.3 is 4.57 Å². The van der Waals surface area contributed by atoms with Crippen molar-refractivity contribution in [1.29, 1.82) is 0 Å². The highest BCUT2D eigenvalue weighted by Gasteiger charge is 2.29. The summed E-state index contributed by atoms with van der Waals surface area (Å²) in [6.45, 7) is 0.